The third-order valence-electron chi connectivity index (χ3n) is 5.56. The Hall–Kier alpha value is -3.52. The molecule has 2 heterocycles. The number of benzene rings is 2. The normalized spacial score (nSPS) is 11.9. The maximum absolute atomic E-state index is 12.1. The van der Waals surface area contributed by atoms with E-state index in [1.807, 2.05) is 58.0 Å². The largest absolute Gasteiger partial charge is 0.456 e. The van der Waals surface area contributed by atoms with Gasteiger partial charge in [0.1, 0.15) is 11.5 Å². The molecule has 36 heavy (non-hydrogen) atoms. The van der Waals surface area contributed by atoms with E-state index in [4.69, 9.17) is 4.74 Å². The standard InChI is InChI=1S/C20H21NO2S.C8H13N3O/c1-4-15-6-9-19(14(3)12-15)23-20-10-11-21-18-8-7-16(13-17(18)20)24(22)5-2;1-8(2,3)11-5-7(4-10-11)9-6-12/h6-13H,4-5H2,1-3H3;4-6H,1-3H3,(H,9,12). The molecule has 2 aromatic carbocycles. The lowest BCUT2D eigenvalue weighted by Crippen LogP contribution is -2.21. The molecule has 0 aliphatic heterocycles. The highest BCUT2D eigenvalue weighted by Crippen LogP contribution is 2.32. The van der Waals surface area contributed by atoms with Gasteiger partial charge in [-0.25, -0.2) is 0 Å². The van der Waals surface area contributed by atoms with Crippen LogP contribution in [0.25, 0.3) is 10.9 Å². The highest BCUT2D eigenvalue weighted by molar-refractivity contribution is 7.85. The number of hydrogen-bond donors (Lipinski definition) is 1. The zero-order valence-electron chi connectivity index (χ0n) is 21.7. The fourth-order valence-corrected chi connectivity index (χ4v) is 4.30. The van der Waals surface area contributed by atoms with Gasteiger partial charge in [0.25, 0.3) is 0 Å². The number of carbonyl (C=O) groups excluding carboxylic acids is 1. The van der Waals surface area contributed by atoms with Crippen molar-refractivity contribution in [3.63, 3.8) is 0 Å². The highest BCUT2D eigenvalue weighted by atomic mass is 32.2. The number of ether oxygens (including phenoxy) is 1. The molecule has 0 radical (unpaired) electrons. The molecule has 1 N–H and O–H groups in total. The van der Waals surface area contributed by atoms with Crippen LogP contribution in [-0.4, -0.2) is 31.1 Å². The number of anilines is 1. The van der Waals surface area contributed by atoms with Crippen LogP contribution < -0.4 is 10.1 Å². The molecule has 1 amide bonds. The first kappa shape index (κ1) is 27.1. The molecular formula is C28H34N4O3S. The Bertz CT molecular complexity index is 1360. The molecule has 7 nitrogen and oxygen atoms in total. The predicted molar refractivity (Wildman–Crippen MR) is 146 cm³/mol. The van der Waals surface area contributed by atoms with Gasteiger partial charge < -0.3 is 10.1 Å². The molecule has 0 spiro atoms. The van der Waals surface area contributed by atoms with Crippen molar-refractivity contribution in [2.75, 3.05) is 11.1 Å². The number of fused-ring (bicyclic) bond motifs is 1. The third-order valence-corrected chi connectivity index (χ3v) is 6.87. The van der Waals surface area contributed by atoms with Crippen molar-refractivity contribution < 1.29 is 13.7 Å². The van der Waals surface area contributed by atoms with Crippen LogP contribution in [-0.2, 0) is 27.6 Å². The van der Waals surface area contributed by atoms with E-state index in [9.17, 15) is 9.00 Å². The van der Waals surface area contributed by atoms with Crippen molar-refractivity contribution in [3.05, 3.63) is 72.2 Å². The Labute approximate surface area is 215 Å². The topological polar surface area (TPSA) is 86.1 Å². The maximum atomic E-state index is 12.1. The molecule has 0 aliphatic rings. The van der Waals surface area contributed by atoms with Crippen LogP contribution in [0.4, 0.5) is 5.69 Å². The molecule has 8 heteroatoms. The minimum absolute atomic E-state index is 0.0389. The van der Waals surface area contributed by atoms with Gasteiger partial charge >= 0.3 is 0 Å². The first-order chi connectivity index (χ1) is 17.2. The average Bonchev–Trinajstić information content (AvgIpc) is 3.35. The Morgan fingerprint density at radius 2 is 1.86 bits per heavy atom. The van der Waals surface area contributed by atoms with E-state index in [2.05, 4.69) is 41.4 Å². The summed E-state index contributed by atoms with van der Waals surface area (Å²) >= 11 is 0. The van der Waals surface area contributed by atoms with Crippen LogP contribution >= 0.6 is 0 Å². The van der Waals surface area contributed by atoms with E-state index in [1.165, 1.54) is 5.56 Å². The highest BCUT2D eigenvalue weighted by Gasteiger charge is 2.13. The van der Waals surface area contributed by atoms with E-state index in [1.54, 1.807) is 23.3 Å². The zero-order valence-corrected chi connectivity index (χ0v) is 22.6. The van der Waals surface area contributed by atoms with E-state index in [0.29, 0.717) is 12.2 Å². The fraction of sp³-hybridized carbons (Fsp3) is 0.321. The van der Waals surface area contributed by atoms with Crippen molar-refractivity contribution >= 4 is 33.8 Å². The Kier molecular flexibility index (Phi) is 8.98. The first-order valence-electron chi connectivity index (χ1n) is 12.0. The van der Waals surface area contributed by atoms with Crippen molar-refractivity contribution in [1.29, 1.82) is 0 Å². The van der Waals surface area contributed by atoms with Crippen LogP contribution in [0.3, 0.4) is 0 Å². The number of carbonyl (C=O) groups is 1. The molecule has 0 bridgehead atoms. The van der Waals surface area contributed by atoms with Crippen LogP contribution in [0.5, 0.6) is 11.5 Å². The Morgan fingerprint density at radius 1 is 1.08 bits per heavy atom. The van der Waals surface area contributed by atoms with Crippen LogP contribution in [0.1, 0.15) is 45.7 Å². The summed E-state index contributed by atoms with van der Waals surface area (Å²) in [6, 6.07) is 13.8. The van der Waals surface area contributed by atoms with Crippen molar-refractivity contribution in [2.45, 2.75) is 58.4 Å². The maximum Gasteiger partial charge on any atom is 0.211 e. The van der Waals surface area contributed by atoms with Crippen molar-refractivity contribution in [2.24, 2.45) is 0 Å². The molecular weight excluding hydrogens is 472 g/mol. The van der Waals surface area contributed by atoms with Gasteiger partial charge in [-0.1, -0.05) is 26.0 Å². The van der Waals surface area contributed by atoms with Crippen LogP contribution in [0.2, 0.25) is 0 Å². The zero-order chi connectivity index (χ0) is 26.3. The molecule has 0 saturated heterocycles. The lowest BCUT2D eigenvalue weighted by atomic mass is 10.1. The predicted octanol–water partition coefficient (Wildman–Crippen LogP) is 6.23. The minimum atomic E-state index is -0.993. The summed E-state index contributed by atoms with van der Waals surface area (Å²) in [4.78, 5) is 15.3. The molecule has 2 aromatic heterocycles. The van der Waals surface area contributed by atoms with E-state index >= 15 is 0 Å². The third kappa shape index (κ3) is 6.79. The summed E-state index contributed by atoms with van der Waals surface area (Å²) in [6.45, 7) is 12.2. The SMILES string of the molecule is CC(C)(C)n1cc(NC=O)cn1.CCc1ccc(Oc2ccnc3ccc(S(=O)CC)cc23)c(C)c1. The quantitative estimate of drug-likeness (QED) is 0.300. The van der Waals surface area contributed by atoms with Gasteiger partial charge in [0.2, 0.25) is 6.41 Å². The summed E-state index contributed by atoms with van der Waals surface area (Å²) in [5.41, 5.74) is 3.92. The van der Waals surface area contributed by atoms with Gasteiger partial charge in [0.15, 0.2) is 0 Å². The monoisotopic (exact) mass is 506 g/mol. The van der Waals surface area contributed by atoms with E-state index in [0.717, 1.165) is 45.0 Å². The van der Waals surface area contributed by atoms with Gasteiger partial charge in [-0.2, -0.15) is 5.10 Å². The van der Waals surface area contributed by atoms with Crippen molar-refractivity contribution in [3.8, 4) is 11.5 Å². The lowest BCUT2D eigenvalue weighted by molar-refractivity contribution is -0.105. The number of nitrogens with zero attached hydrogens (tertiary/aromatic N) is 3. The average molecular weight is 507 g/mol. The van der Waals surface area contributed by atoms with Gasteiger partial charge in [-0.3, -0.25) is 18.7 Å². The fourth-order valence-electron chi connectivity index (χ4n) is 3.49. The lowest BCUT2D eigenvalue weighted by Gasteiger charge is -2.18. The number of nitrogens with one attached hydrogen (secondary N) is 1. The summed E-state index contributed by atoms with van der Waals surface area (Å²) in [5.74, 6) is 2.17. The van der Waals surface area contributed by atoms with Gasteiger partial charge in [-0.05, 0) is 75.6 Å². The second kappa shape index (κ2) is 11.9. The molecule has 0 aliphatic carbocycles. The number of aryl methyl sites for hydroxylation is 2. The Balaban J connectivity index is 0.000000253. The number of pyridine rings is 1. The van der Waals surface area contributed by atoms with Gasteiger partial charge in [0.05, 0.1) is 33.7 Å². The molecule has 1 atom stereocenters. The smallest absolute Gasteiger partial charge is 0.211 e. The second-order valence-corrected chi connectivity index (χ2v) is 11.0. The minimum Gasteiger partial charge on any atom is -0.456 e. The van der Waals surface area contributed by atoms with Crippen LogP contribution in [0.15, 0.2) is 66.0 Å². The van der Waals surface area contributed by atoms with E-state index in [-0.39, 0.29) is 5.54 Å². The first-order valence-corrected chi connectivity index (χ1v) is 13.3. The van der Waals surface area contributed by atoms with Crippen LogP contribution in [0, 0.1) is 6.92 Å². The van der Waals surface area contributed by atoms with Gasteiger partial charge in [0, 0.05) is 28.4 Å². The number of aromatic nitrogens is 3. The summed E-state index contributed by atoms with van der Waals surface area (Å²) in [6.07, 6.45) is 6.81. The Morgan fingerprint density at radius 3 is 2.47 bits per heavy atom. The molecule has 4 rings (SSSR count). The summed E-state index contributed by atoms with van der Waals surface area (Å²) < 4.78 is 20.1. The van der Waals surface area contributed by atoms with Gasteiger partial charge in [-0.15, -0.1) is 0 Å². The molecule has 4 aromatic rings. The van der Waals surface area contributed by atoms with E-state index < -0.39 is 10.8 Å². The molecule has 0 fully saturated rings. The molecule has 0 saturated carbocycles. The summed E-state index contributed by atoms with van der Waals surface area (Å²) in [7, 11) is -0.993. The molecule has 190 valence electrons. The number of hydrogen-bond acceptors (Lipinski definition) is 5. The number of rotatable bonds is 7. The number of amides is 1. The summed E-state index contributed by atoms with van der Waals surface area (Å²) in [5, 5.41) is 7.52. The molecule has 1 unspecified atom stereocenters. The second-order valence-electron chi connectivity index (χ2n) is 9.28. The van der Waals surface area contributed by atoms with Crippen molar-refractivity contribution in [1.82, 2.24) is 14.8 Å².